The van der Waals surface area contributed by atoms with E-state index >= 15 is 0 Å². The summed E-state index contributed by atoms with van der Waals surface area (Å²) in [5, 5.41) is 6.89. The number of nitrogens with zero attached hydrogens (tertiary/aromatic N) is 1. The maximum Gasteiger partial charge on any atom is 0.269 e. The molecule has 3 aromatic rings. The molecule has 0 saturated carbocycles. The van der Waals surface area contributed by atoms with Gasteiger partial charge in [-0.15, -0.1) is 0 Å². The van der Waals surface area contributed by atoms with Crippen LogP contribution in [0.1, 0.15) is 21.6 Å². The van der Waals surface area contributed by atoms with Crippen molar-refractivity contribution in [1.82, 2.24) is 10.3 Å². The number of nitrogens with one attached hydrogen (secondary N) is 2. The van der Waals surface area contributed by atoms with Gasteiger partial charge >= 0.3 is 0 Å². The van der Waals surface area contributed by atoms with Crippen LogP contribution in [-0.4, -0.2) is 24.5 Å². The van der Waals surface area contributed by atoms with Gasteiger partial charge in [0.25, 0.3) is 5.91 Å². The summed E-state index contributed by atoms with van der Waals surface area (Å²) in [6.07, 6.45) is 2.35. The lowest BCUT2D eigenvalue weighted by atomic mass is 10.1. The molecule has 0 aliphatic rings. The summed E-state index contributed by atoms with van der Waals surface area (Å²) in [5.74, 6) is 0.619. The van der Waals surface area contributed by atoms with Gasteiger partial charge in [-0.1, -0.05) is 41.9 Å². The molecule has 1 aromatic heterocycles. The van der Waals surface area contributed by atoms with E-state index in [1.165, 1.54) is 0 Å². The minimum atomic E-state index is -0.199. The zero-order valence-corrected chi connectivity index (χ0v) is 16.4. The zero-order chi connectivity index (χ0) is 19.8. The van der Waals surface area contributed by atoms with Crippen molar-refractivity contribution >= 4 is 23.2 Å². The van der Waals surface area contributed by atoms with Crippen molar-refractivity contribution < 1.29 is 9.53 Å². The van der Waals surface area contributed by atoms with E-state index in [4.69, 9.17) is 16.3 Å². The van der Waals surface area contributed by atoms with E-state index in [2.05, 4.69) is 15.6 Å². The first-order valence-corrected chi connectivity index (χ1v) is 9.38. The van der Waals surface area contributed by atoms with E-state index in [9.17, 15) is 4.79 Å². The highest BCUT2D eigenvalue weighted by Gasteiger charge is 2.08. The van der Waals surface area contributed by atoms with Crippen molar-refractivity contribution in [2.24, 2.45) is 0 Å². The Morgan fingerprint density at radius 1 is 1.11 bits per heavy atom. The van der Waals surface area contributed by atoms with E-state index < -0.39 is 0 Å². The fraction of sp³-hybridized carbons (Fsp3) is 0.182. The number of carbonyl (C=O) groups is 1. The lowest BCUT2D eigenvalue weighted by molar-refractivity contribution is 0.0949. The third-order valence-corrected chi connectivity index (χ3v) is 4.66. The van der Waals surface area contributed by atoms with Crippen LogP contribution in [0.4, 0.5) is 5.69 Å². The summed E-state index contributed by atoms with van der Waals surface area (Å²) in [6.45, 7) is 1.10. The molecule has 1 heterocycles. The van der Waals surface area contributed by atoms with Gasteiger partial charge < -0.3 is 15.4 Å². The van der Waals surface area contributed by atoms with Crippen molar-refractivity contribution in [1.29, 1.82) is 0 Å². The molecule has 0 atom stereocenters. The summed E-state index contributed by atoms with van der Waals surface area (Å²) >= 11 is 6.17. The maximum absolute atomic E-state index is 12.4. The number of hydrogen-bond donors (Lipinski definition) is 2. The molecular formula is C22H22ClN3O2. The molecular weight excluding hydrogens is 374 g/mol. The molecule has 0 aliphatic heterocycles. The van der Waals surface area contributed by atoms with Crippen LogP contribution in [0.5, 0.6) is 5.75 Å². The quantitative estimate of drug-likeness (QED) is 0.596. The van der Waals surface area contributed by atoms with Crippen LogP contribution in [-0.2, 0) is 13.0 Å². The number of amides is 1. The number of pyridine rings is 1. The largest absolute Gasteiger partial charge is 0.497 e. The summed E-state index contributed by atoms with van der Waals surface area (Å²) < 4.78 is 5.14. The topological polar surface area (TPSA) is 63.2 Å². The fourth-order valence-electron chi connectivity index (χ4n) is 2.71. The minimum absolute atomic E-state index is 0.199. The van der Waals surface area contributed by atoms with Gasteiger partial charge in [0, 0.05) is 30.0 Å². The second kappa shape index (κ2) is 9.76. The van der Waals surface area contributed by atoms with Gasteiger partial charge in [-0.25, -0.2) is 0 Å². The molecule has 3 rings (SSSR count). The number of carbonyl (C=O) groups excluding carboxylic acids is 1. The van der Waals surface area contributed by atoms with Crippen molar-refractivity contribution in [3.63, 3.8) is 0 Å². The summed E-state index contributed by atoms with van der Waals surface area (Å²) in [7, 11) is 1.64. The number of hydrogen-bond acceptors (Lipinski definition) is 4. The van der Waals surface area contributed by atoms with Crippen molar-refractivity contribution in [2.45, 2.75) is 13.0 Å². The van der Waals surface area contributed by atoms with Crippen LogP contribution < -0.4 is 15.4 Å². The van der Waals surface area contributed by atoms with Crippen LogP contribution in [0.25, 0.3) is 0 Å². The summed E-state index contributed by atoms with van der Waals surface area (Å²) in [4.78, 5) is 16.5. The molecule has 0 saturated heterocycles. The van der Waals surface area contributed by atoms with Crippen LogP contribution in [0.15, 0.2) is 66.9 Å². The van der Waals surface area contributed by atoms with Gasteiger partial charge in [0.1, 0.15) is 11.4 Å². The van der Waals surface area contributed by atoms with Gasteiger partial charge in [-0.2, -0.15) is 0 Å². The molecule has 144 valence electrons. The number of anilines is 1. The molecule has 28 heavy (non-hydrogen) atoms. The molecule has 5 nitrogen and oxygen atoms in total. The molecule has 2 N–H and O–H groups in total. The van der Waals surface area contributed by atoms with E-state index in [1.807, 2.05) is 54.6 Å². The fourth-order valence-corrected chi connectivity index (χ4v) is 2.91. The van der Waals surface area contributed by atoms with Crippen LogP contribution in [0, 0.1) is 0 Å². The van der Waals surface area contributed by atoms with E-state index in [0.29, 0.717) is 23.8 Å². The van der Waals surface area contributed by atoms with Gasteiger partial charge in [0.05, 0.1) is 7.11 Å². The third kappa shape index (κ3) is 5.47. The Kier molecular flexibility index (Phi) is 6.87. The Bertz CT molecular complexity index is 929. The third-order valence-electron chi connectivity index (χ3n) is 4.29. The lowest BCUT2D eigenvalue weighted by Gasteiger charge is -2.10. The smallest absolute Gasteiger partial charge is 0.269 e. The molecule has 1 amide bonds. The van der Waals surface area contributed by atoms with Gasteiger partial charge in [0.15, 0.2) is 0 Å². The monoisotopic (exact) mass is 395 g/mol. The highest BCUT2D eigenvalue weighted by molar-refractivity contribution is 6.31. The molecule has 0 spiro atoms. The first-order chi connectivity index (χ1) is 13.7. The molecule has 0 unspecified atom stereocenters. The van der Waals surface area contributed by atoms with E-state index in [0.717, 1.165) is 29.0 Å². The van der Waals surface area contributed by atoms with E-state index in [1.54, 1.807) is 19.4 Å². The van der Waals surface area contributed by atoms with Gasteiger partial charge in [-0.05, 0) is 47.9 Å². The highest BCUT2D eigenvalue weighted by atomic mass is 35.5. The predicted molar refractivity (Wildman–Crippen MR) is 112 cm³/mol. The Balaban J connectivity index is 1.52. The normalized spacial score (nSPS) is 10.4. The average Bonchev–Trinajstić information content (AvgIpc) is 2.74. The molecule has 2 aromatic carbocycles. The Labute approximate surface area is 169 Å². The van der Waals surface area contributed by atoms with Gasteiger partial charge in [0.2, 0.25) is 0 Å². The van der Waals surface area contributed by atoms with Crippen molar-refractivity contribution in [3.05, 3.63) is 88.7 Å². The highest BCUT2D eigenvalue weighted by Crippen LogP contribution is 2.17. The summed E-state index contributed by atoms with van der Waals surface area (Å²) in [6, 6.07) is 19.0. The first kappa shape index (κ1) is 19.7. The number of benzene rings is 2. The van der Waals surface area contributed by atoms with Crippen molar-refractivity contribution in [2.75, 3.05) is 19.0 Å². The Morgan fingerprint density at radius 2 is 1.89 bits per heavy atom. The maximum atomic E-state index is 12.4. The number of aromatic nitrogens is 1. The number of rotatable bonds is 8. The molecule has 0 fully saturated rings. The summed E-state index contributed by atoms with van der Waals surface area (Å²) in [5.41, 5.74) is 3.31. The van der Waals surface area contributed by atoms with Crippen LogP contribution >= 0.6 is 11.6 Å². The van der Waals surface area contributed by atoms with Crippen LogP contribution in [0.2, 0.25) is 5.02 Å². The Morgan fingerprint density at radius 3 is 2.64 bits per heavy atom. The number of methoxy groups -OCH3 is 1. The first-order valence-electron chi connectivity index (χ1n) is 9.00. The zero-order valence-electron chi connectivity index (χ0n) is 15.6. The molecule has 6 heteroatoms. The minimum Gasteiger partial charge on any atom is -0.497 e. The SMILES string of the molecule is COc1ccc(CCNC(=O)c2cc(NCc3ccccc3Cl)ccn2)cc1. The second-order valence-electron chi connectivity index (χ2n) is 6.23. The van der Waals surface area contributed by atoms with Crippen LogP contribution in [0.3, 0.4) is 0 Å². The predicted octanol–water partition coefficient (Wildman–Crippen LogP) is 4.33. The number of halogens is 1. The Hall–Kier alpha value is -3.05. The average molecular weight is 396 g/mol. The van der Waals surface area contributed by atoms with E-state index in [-0.39, 0.29) is 5.91 Å². The van der Waals surface area contributed by atoms with Gasteiger partial charge in [-0.3, -0.25) is 9.78 Å². The molecule has 0 radical (unpaired) electrons. The van der Waals surface area contributed by atoms with Crippen molar-refractivity contribution in [3.8, 4) is 5.75 Å². The molecule has 0 aliphatic carbocycles. The molecule has 0 bridgehead atoms. The second-order valence-corrected chi connectivity index (χ2v) is 6.64. The lowest BCUT2D eigenvalue weighted by Crippen LogP contribution is -2.26. The standard InChI is InChI=1S/C22H22ClN3O2/c1-28-19-8-6-16(7-9-19)10-12-25-22(27)21-14-18(11-13-24-21)26-15-17-4-2-3-5-20(17)23/h2-9,11,13-14H,10,12,15H2,1H3,(H,24,26)(H,25,27). The number of ether oxygens (including phenoxy) is 1.